The maximum atomic E-state index is 11.6. The number of hydrogen-bond donors (Lipinski definition) is 0. The van der Waals surface area contributed by atoms with Gasteiger partial charge in [0.15, 0.2) is 0 Å². The van der Waals surface area contributed by atoms with Crippen LogP contribution in [0.3, 0.4) is 0 Å². The molecule has 0 aromatic carbocycles. The second-order valence-electron chi connectivity index (χ2n) is 4.66. The molecule has 0 aliphatic rings. The van der Waals surface area contributed by atoms with Crippen LogP contribution in [0.5, 0.6) is 0 Å². The van der Waals surface area contributed by atoms with Gasteiger partial charge in [-0.3, -0.25) is 14.8 Å². The zero-order chi connectivity index (χ0) is 15.4. The number of rotatable bonds is 5. The van der Waals surface area contributed by atoms with Gasteiger partial charge in [0.05, 0.1) is 11.5 Å². The fraction of sp³-hybridized carbons (Fsp3) is 0.538. The summed E-state index contributed by atoms with van der Waals surface area (Å²) >= 11 is 0. The Morgan fingerprint density at radius 2 is 2.15 bits per heavy atom. The number of aromatic nitrogens is 2. The maximum Gasteiger partial charge on any atom is 0.333 e. The van der Waals surface area contributed by atoms with Crippen molar-refractivity contribution in [3.05, 3.63) is 27.1 Å². The number of carbonyl (C=O) groups is 1. The van der Waals surface area contributed by atoms with Gasteiger partial charge in [-0.1, -0.05) is 0 Å². The van der Waals surface area contributed by atoms with E-state index in [9.17, 15) is 14.9 Å². The summed E-state index contributed by atoms with van der Waals surface area (Å²) in [7, 11) is 0. The quantitative estimate of drug-likeness (QED) is 0.358. The SMILES string of the molecule is CCOC(=O)C(C)=Cc1c([N+](=O)[O-])c(C)nn1C(C)C. The van der Waals surface area contributed by atoms with Gasteiger partial charge in [-0.05, 0) is 40.7 Å². The molecule has 0 bridgehead atoms. The Kier molecular flexibility index (Phi) is 5.01. The number of hydrogen-bond acceptors (Lipinski definition) is 5. The number of nitrogens with zero attached hydrogens (tertiary/aromatic N) is 3. The lowest BCUT2D eigenvalue weighted by Crippen LogP contribution is -2.08. The van der Waals surface area contributed by atoms with Crippen molar-refractivity contribution in [3.8, 4) is 0 Å². The van der Waals surface area contributed by atoms with Crippen LogP contribution in [0.4, 0.5) is 5.69 Å². The molecular formula is C13H19N3O4. The Morgan fingerprint density at radius 1 is 1.55 bits per heavy atom. The van der Waals surface area contributed by atoms with E-state index in [1.807, 2.05) is 13.8 Å². The molecule has 0 saturated heterocycles. The van der Waals surface area contributed by atoms with Gasteiger partial charge in [0, 0.05) is 11.6 Å². The van der Waals surface area contributed by atoms with Crippen LogP contribution in [-0.4, -0.2) is 27.3 Å². The highest BCUT2D eigenvalue weighted by atomic mass is 16.6. The third kappa shape index (κ3) is 3.23. The molecule has 1 aromatic heterocycles. The number of nitro groups is 1. The Labute approximate surface area is 117 Å². The van der Waals surface area contributed by atoms with Crippen molar-refractivity contribution in [2.45, 2.75) is 40.7 Å². The summed E-state index contributed by atoms with van der Waals surface area (Å²) in [6.45, 7) is 8.84. The van der Waals surface area contributed by atoms with E-state index in [1.54, 1.807) is 20.8 Å². The fourth-order valence-electron chi connectivity index (χ4n) is 1.82. The second-order valence-corrected chi connectivity index (χ2v) is 4.66. The van der Waals surface area contributed by atoms with E-state index >= 15 is 0 Å². The number of carbonyl (C=O) groups excluding carboxylic acids is 1. The minimum atomic E-state index is -0.490. The van der Waals surface area contributed by atoms with E-state index in [-0.39, 0.29) is 18.3 Å². The number of ether oxygens (including phenoxy) is 1. The molecule has 1 heterocycles. The molecule has 1 aromatic rings. The molecular weight excluding hydrogens is 262 g/mol. The topological polar surface area (TPSA) is 87.3 Å². The third-order valence-corrected chi connectivity index (χ3v) is 2.71. The van der Waals surface area contributed by atoms with E-state index < -0.39 is 10.9 Å². The van der Waals surface area contributed by atoms with Crippen molar-refractivity contribution in [2.75, 3.05) is 6.61 Å². The average molecular weight is 281 g/mol. The number of esters is 1. The Bertz CT molecular complexity index is 558. The van der Waals surface area contributed by atoms with Gasteiger partial charge in [-0.15, -0.1) is 0 Å². The van der Waals surface area contributed by atoms with Crippen LogP contribution in [0.15, 0.2) is 5.57 Å². The van der Waals surface area contributed by atoms with Crippen molar-refractivity contribution < 1.29 is 14.5 Å². The normalized spacial score (nSPS) is 11.8. The minimum Gasteiger partial charge on any atom is -0.463 e. The van der Waals surface area contributed by atoms with Crippen molar-refractivity contribution >= 4 is 17.7 Å². The highest BCUT2D eigenvalue weighted by Crippen LogP contribution is 2.27. The molecule has 0 spiro atoms. The summed E-state index contributed by atoms with van der Waals surface area (Å²) in [6.07, 6.45) is 1.45. The zero-order valence-corrected chi connectivity index (χ0v) is 12.3. The fourth-order valence-corrected chi connectivity index (χ4v) is 1.82. The summed E-state index contributed by atoms with van der Waals surface area (Å²) in [5, 5.41) is 15.3. The molecule has 0 aliphatic carbocycles. The van der Waals surface area contributed by atoms with Crippen LogP contribution >= 0.6 is 0 Å². The summed E-state index contributed by atoms with van der Waals surface area (Å²) in [6, 6.07) is -0.0522. The summed E-state index contributed by atoms with van der Waals surface area (Å²) in [4.78, 5) is 22.3. The van der Waals surface area contributed by atoms with E-state index in [4.69, 9.17) is 4.74 Å². The summed E-state index contributed by atoms with van der Waals surface area (Å²) in [5.74, 6) is -0.490. The van der Waals surface area contributed by atoms with Crippen molar-refractivity contribution in [2.24, 2.45) is 0 Å². The predicted octanol–water partition coefficient (Wildman–Crippen LogP) is 2.65. The smallest absolute Gasteiger partial charge is 0.333 e. The first-order valence-corrected chi connectivity index (χ1v) is 6.38. The van der Waals surface area contributed by atoms with E-state index in [0.29, 0.717) is 17.0 Å². The molecule has 0 N–H and O–H groups in total. The van der Waals surface area contributed by atoms with E-state index in [2.05, 4.69) is 5.10 Å². The van der Waals surface area contributed by atoms with Gasteiger partial charge >= 0.3 is 11.7 Å². The lowest BCUT2D eigenvalue weighted by molar-refractivity contribution is -0.385. The van der Waals surface area contributed by atoms with Gasteiger partial charge in [-0.2, -0.15) is 5.10 Å². The molecule has 0 aliphatic heterocycles. The van der Waals surface area contributed by atoms with Gasteiger partial charge in [0.2, 0.25) is 0 Å². The first-order valence-electron chi connectivity index (χ1n) is 6.38. The van der Waals surface area contributed by atoms with Gasteiger partial charge in [0.25, 0.3) is 0 Å². The van der Waals surface area contributed by atoms with Crippen LogP contribution in [0, 0.1) is 17.0 Å². The van der Waals surface area contributed by atoms with Crippen LogP contribution in [0.1, 0.15) is 45.1 Å². The first-order chi connectivity index (χ1) is 9.29. The summed E-state index contributed by atoms with van der Waals surface area (Å²) in [5.41, 5.74) is 0.860. The van der Waals surface area contributed by atoms with Crippen LogP contribution in [0.25, 0.3) is 6.08 Å². The second kappa shape index (κ2) is 6.31. The van der Waals surface area contributed by atoms with Crippen molar-refractivity contribution in [3.63, 3.8) is 0 Å². The third-order valence-electron chi connectivity index (χ3n) is 2.71. The molecule has 0 fully saturated rings. The van der Waals surface area contributed by atoms with Gasteiger partial charge < -0.3 is 4.74 Å². The molecule has 0 amide bonds. The highest BCUT2D eigenvalue weighted by Gasteiger charge is 2.25. The van der Waals surface area contributed by atoms with E-state index in [1.165, 1.54) is 10.8 Å². The Hall–Kier alpha value is -2.18. The standard InChI is InChI=1S/C13H19N3O4/c1-6-20-13(17)9(4)7-11-12(16(18)19)10(5)14-15(11)8(2)3/h7-8H,6H2,1-5H3. The van der Waals surface area contributed by atoms with Crippen molar-refractivity contribution in [1.82, 2.24) is 9.78 Å². The van der Waals surface area contributed by atoms with Crippen molar-refractivity contribution in [1.29, 1.82) is 0 Å². The van der Waals surface area contributed by atoms with Crippen LogP contribution in [-0.2, 0) is 9.53 Å². The molecule has 1 rings (SSSR count). The molecule has 0 saturated carbocycles. The predicted molar refractivity (Wildman–Crippen MR) is 74.3 cm³/mol. The maximum absolute atomic E-state index is 11.6. The highest BCUT2D eigenvalue weighted by molar-refractivity contribution is 5.93. The average Bonchev–Trinajstić information content (AvgIpc) is 2.66. The van der Waals surface area contributed by atoms with Gasteiger partial charge in [-0.25, -0.2) is 4.79 Å². The Morgan fingerprint density at radius 3 is 2.60 bits per heavy atom. The Balaban J connectivity index is 3.38. The number of aryl methyl sites for hydroxylation is 1. The van der Waals surface area contributed by atoms with Gasteiger partial charge in [0.1, 0.15) is 11.4 Å². The molecule has 0 unspecified atom stereocenters. The molecule has 7 nitrogen and oxygen atoms in total. The molecule has 20 heavy (non-hydrogen) atoms. The molecule has 0 atom stereocenters. The monoisotopic (exact) mass is 281 g/mol. The largest absolute Gasteiger partial charge is 0.463 e. The molecule has 0 radical (unpaired) electrons. The van der Waals surface area contributed by atoms with Crippen LogP contribution < -0.4 is 0 Å². The van der Waals surface area contributed by atoms with E-state index in [0.717, 1.165) is 0 Å². The first kappa shape index (κ1) is 15.9. The minimum absolute atomic E-state index is 0.0522. The molecule has 7 heteroatoms. The van der Waals surface area contributed by atoms with Crippen LogP contribution in [0.2, 0.25) is 0 Å². The zero-order valence-electron chi connectivity index (χ0n) is 12.3. The molecule has 110 valence electrons. The lowest BCUT2D eigenvalue weighted by atomic mass is 10.2. The summed E-state index contributed by atoms with van der Waals surface area (Å²) < 4.78 is 6.41. The lowest BCUT2D eigenvalue weighted by Gasteiger charge is -2.08.